The number of ether oxygens (including phenoxy) is 1. The highest BCUT2D eigenvalue weighted by Gasteiger charge is 2.12. The molecule has 4 rings (SSSR count). The fraction of sp³-hybridized carbons (Fsp3) is 0.261. The summed E-state index contributed by atoms with van der Waals surface area (Å²) in [5.74, 6) is 0.683. The zero-order chi connectivity index (χ0) is 19.7. The van der Waals surface area contributed by atoms with E-state index in [-0.39, 0.29) is 5.91 Å². The smallest absolute Gasteiger partial charge is 0.267 e. The molecule has 0 aliphatic heterocycles. The third-order valence-electron chi connectivity index (χ3n) is 5.13. The third kappa shape index (κ3) is 3.36. The summed E-state index contributed by atoms with van der Waals surface area (Å²) in [4.78, 5) is 15.7. The molecule has 144 valence electrons. The summed E-state index contributed by atoms with van der Waals surface area (Å²) in [5.41, 5.74) is 3.98. The second-order valence-electron chi connectivity index (χ2n) is 7.31. The Kier molecular flexibility index (Phi) is 4.82. The normalized spacial score (nSPS) is 11.4. The first-order valence-corrected chi connectivity index (χ1v) is 9.60. The number of nitrogens with zero attached hydrogens (tertiary/aromatic N) is 1. The van der Waals surface area contributed by atoms with Gasteiger partial charge in [-0.3, -0.25) is 4.79 Å². The van der Waals surface area contributed by atoms with Gasteiger partial charge in [-0.15, -0.1) is 0 Å². The Morgan fingerprint density at radius 1 is 1.18 bits per heavy atom. The number of methoxy groups -OCH3 is 1. The number of nitrogens with one attached hydrogen (secondary N) is 2. The van der Waals surface area contributed by atoms with Crippen LogP contribution in [-0.2, 0) is 6.42 Å². The first-order valence-electron chi connectivity index (χ1n) is 9.60. The van der Waals surface area contributed by atoms with Crippen molar-refractivity contribution in [1.82, 2.24) is 14.9 Å². The van der Waals surface area contributed by atoms with Gasteiger partial charge >= 0.3 is 0 Å². The van der Waals surface area contributed by atoms with Crippen molar-refractivity contribution in [1.29, 1.82) is 0 Å². The molecular weight excluding hydrogens is 350 g/mol. The van der Waals surface area contributed by atoms with Crippen molar-refractivity contribution < 1.29 is 9.53 Å². The van der Waals surface area contributed by atoms with Crippen LogP contribution in [0.5, 0.6) is 5.75 Å². The summed E-state index contributed by atoms with van der Waals surface area (Å²) in [6.07, 6.45) is 3.00. The minimum atomic E-state index is -0.0947. The van der Waals surface area contributed by atoms with Crippen molar-refractivity contribution in [2.24, 2.45) is 0 Å². The molecule has 4 aromatic rings. The number of aromatic nitrogens is 2. The number of amides is 1. The number of benzene rings is 2. The van der Waals surface area contributed by atoms with Gasteiger partial charge in [-0.1, -0.05) is 18.2 Å². The lowest BCUT2D eigenvalue weighted by molar-refractivity contribution is 0.0950. The minimum Gasteiger partial charge on any atom is -0.497 e. The van der Waals surface area contributed by atoms with Gasteiger partial charge < -0.3 is 19.6 Å². The van der Waals surface area contributed by atoms with Crippen LogP contribution in [-0.4, -0.2) is 29.1 Å². The number of para-hydroxylation sites is 1. The van der Waals surface area contributed by atoms with Crippen molar-refractivity contribution >= 4 is 27.7 Å². The second kappa shape index (κ2) is 7.43. The number of carbonyl (C=O) groups is 1. The molecule has 2 aromatic heterocycles. The Morgan fingerprint density at radius 2 is 2.00 bits per heavy atom. The maximum atomic E-state index is 12.6. The summed E-state index contributed by atoms with van der Waals surface area (Å²) in [5, 5.41) is 5.24. The molecule has 0 saturated carbocycles. The molecule has 0 atom stereocenters. The van der Waals surface area contributed by atoms with Gasteiger partial charge in [-0.25, -0.2) is 0 Å². The van der Waals surface area contributed by atoms with Crippen LogP contribution in [0, 0.1) is 0 Å². The topological polar surface area (TPSA) is 59.1 Å². The Morgan fingerprint density at radius 3 is 2.79 bits per heavy atom. The largest absolute Gasteiger partial charge is 0.497 e. The SMILES string of the molecule is COc1ccc2[nH]c(C(=O)NCCc3cn(C(C)C)c4ccccc34)cc2c1. The van der Waals surface area contributed by atoms with E-state index in [0.717, 1.165) is 23.1 Å². The predicted molar refractivity (Wildman–Crippen MR) is 113 cm³/mol. The van der Waals surface area contributed by atoms with Gasteiger partial charge in [0.05, 0.1) is 7.11 Å². The maximum Gasteiger partial charge on any atom is 0.267 e. The van der Waals surface area contributed by atoms with E-state index in [0.29, 0.717) is 18.3 Å². The Labute approximate surface area is 164 Å². The van der Waals surface area contributed by atoms with Gasteiger partial charge in [0.2, 0.25) is 0 Å². The molecule has 0 aliphatic carbocycles. The fourth-order valence-electron chi connectivity index (χ4n) is 3.67. The summed E-state index contributed by atoms with van der Waals surface area (Å²) in [6, 6.07) is 16.4. The Bertz CT molecular complexity index is 1140. The molecular formula is C23H25N3O2. The Balaban J connectivity index is 1.47. The molecule has 5 heteroatoms. The number of carbonyl (C=O) groups excluding carboxylic acids is 1. The van der Waals surface area contributed by atoms with Crippen LogP contribution >= 0.6 is 0 Å². The highest BCUT2D eigenvalue weighted by molar-refractivity contribution is 5.98. The lowest BCUT2D eigenvalue weighted by atomic mass is 10.1. The molecule has 1 amide bonds. The highest BCUT2D eigenvalue weighted by Crippen LogP contribution is 2.25. The molecule has 2 aromatic carbocycles. The van der Waals surface area contributed by atoms with Gasteiger partial charge in [-0.2, -0.15) is 0 Å². The van der Waals surface area contributed by atoms with Crippen LogP contribution in [0.2, 0.25) is 0 Å². The molecule has 2 heterocycles. The van der Waals surface area contributed by atoms with E-state index in [1.165, 1.54) is 16.5 Å². The van der Waals surface area contributed by atoms with Crippen molar-refractivity contribution in [3.63, 3.8) is 0 Å². The average molecular weight is 375 g/mol. The van der Waals surface area contributed by atoms with E-state index >= 15 is 0 Å². The van der Waals surface area contributed by atoms with Crippen molar-refractivity contribution in [3.8, 4) is 5.75 Å². The van der Waals surface area contributed by atoms with Gasteiger partial charge in [-0.05, 0) is 56.2 Å². The van der Waals surface area contributed by atoms with Gasteiger partial charge in [0.25, 0.3) is 5.91 Å². The summed E-state index contributed by atoms with van der Waals surface area (Å²) < 4.78 is 7.53. The monoisotopic (exact) mass is 375 g/mol. The fourth-order valence-corrected chi connectivity index (χ4v) is 3.67. The number of H-pyrrole nitrogens is 1. The quantitative estimate of drug-likeness (QED) is 0.514. The van der Waals surface area contributed by atoms with Crippen LogP contribution in [0.4, 0.5) is 0 Å². The summed E-state index contributed by atoms with van der Waals surface area (Å²) >= 11 is 0. The van der Waals surface area contributed by atoms with Crippen LogP contribution in [0.1, 0.15) is 35.9 Å². The first-order chi connectivity index (χ1) is 13.6. The molecule has 0 saturated heterocycles. The van der Waals surface area contributed by atoms with Crippen molar-refractivity contribution in [2.75, 3.05) is 13.7 Å². The lowest BCUT2D eigenvalue weighted by Crippen LogP contribution is -2.25. The van der Waals surface area contributed by atoms with Crippen LogP contribution in [0.15, 0.2) is 54.7 Å². The van der Waals surface area contributed by atoms with E-state index in [9.17, 15) is 4.79 Å². The van der Waals surface area contributed by atoms with Crippen LogP contribution in [0.3, 0.4) is 0 Å². The van der Waals surface area contributed by atoms with Crippen LogP contribution < -0.4 is 10.1 Å². The van der Waals surface area contributed by atoms with E-state index in [2.05, 4.69) is 59.2 Å². The molecule has 0 bridgehead atoms. The summed E-state index contributed by atoms with van der Waals surface area (Å²) in [7, 11) is 1.64. The molecule has 0 fully saturated rings. The molecule has 28 heavy (non-hydrogen) atoms. The van der Waals surface area contributed by atoms with E-state index in [4.69, 9.17) is 4.74 Å². The average Bonchev–Trinajstić information content (AvgIpc) is 3.29. The molecule has 0 spiro atoms. The zero-order valence-electron chi connectivity index (χ0n) is 16.5. The van der Waals surface area contributed by atoms with E-state index in [1.54, 1.807) is 7.11 Å². The molecule has 5 nitrogen and oxygen atoms in total. The molecule has 0 aliphatic rings. The summed E-state index contributed by atoms with van der Waals surface area (Å²) in [6.45, 7) is 4.95. The van der Waals surface area contributed by atoms with Crippen molar-refractivity contribution in [3.05, 3.63) is 66.0 Å². The number of hydrogen-bond acceptors (Lipinski definition) is 2. The van der Waals surface area contributed by atoms with Gasteiger partial charge in [0, 0.05) is 40.6 Å². The zero-order valence-corrected chi connectivity index (χ0v) is 16.5. The van der Waals surface area contributed by atoms with Gasteiger partial charge in [0.15, 0.2) is 0 Å². The third-order valence-corrected chi connectivity index (χ3v) is 5.13. The van der Waals surface area contributed by atoms with E-state index in [1.807, 2.05) is 24.3 Å². The maximum absolute atomic E-state index is 12.6. The minimum absolute atomic E-state index is 0.0947. The molecule has 0 radical (unpaired) electrons. The lowest BCUT2D eigenvalue weighted by Gasteiger charge is -2.08. The highest BCUT2D eigenvalue weighted by atomic mass is 16.5. The number of hydrogen-bond donors (Lipinski definition) is 2. The predicted octanol–water partition coefficient (Wildman–Crippen LogP) is 4.68. The molecule has 0 unspecified atom stereocenters. The standard InChI is InChI=1S/C23H25N3O2/c1-15(2)26-14-16(19-6-4-5-7-22(19)26)10-11-24-23(27)21-13-17-12-18(28-3)8-9-20(17)25-21/h4-9,12-15,25H,10-11H2,1-3H3,(H,24,27). The van der Waals surface area contributed by atoms with Crippen molar-refractivity contribution in [2.45, 2.75) is 26.3 Å². The van der Waals surface area contributed by atoms with Gasteiger partial charge in [0.1, 0.15) is 11.4 Å². The number of rotatable bonds is 6. The Hall–Kier alpha value is -3.21. The number of aromatic amines is 1. The molecule has 2 N–H and O–H groups in total. The number of fused-ring (bicyclic) bond motifs is 2. The second-order valence-corrected chi connectivity index (χ2v) is 7.31. The van der Waals surface area contributed by atoms with E-state index < -0.39 is 0 Å². The van der Waals surface area contributed by atoms with Crippen LogP contribution in [0.25, 0.3) is 21.8 Å². The first kappa shape index (κ1) is 18.2.